The number of likely N-dealkylation sites (tertiary alicyclic amines) is 1. The highest BCUT2D eigenvalue weighted by atomic mass is 16.5. The highest BCUT2D eigenvalue weighted by Crippen LogP contribution is 2.31. The van der Waals surface area contributed by atoms with Crippen LogP contribution in [0.25, 0.3) is 0 Å². The van der Waals surface area contributed by atoms with Gasteiger partial charge in [-0.3, -0.25) is 14.3 Å². The molecule has 1 fully saturated rings. The Morgan fingerprint density at radius 2 is 2.08 bits per heavy atom. The van der Waals surface area contributed by atoms with Gasteiger partial charge in [-0.1, -0.05) is 13.8 Å². The number of carboxylic acids is 1. The number of piperidine rings is 1. The standard InChI is InChI=1S/C18H29N3O4/c1-5-14(6-2)21-13(3)10-15(19-21)16(22)20-9-7-8-18(11-20,12-25-4)17(23)24/h10,14H,5-9,11-12H2,1-4H3,(H,23,24). The molecule has 1 amide bonds. The summed E-state index contributed by atoms with van der Waals surface area (Å²) in [5.74, 6) is -1.11. The Bertz CT molecular complexity index is 620. The lowest BCUT2D eigenvalue weighted by molar-refractivity contribution is -0.155. The van der Waals surface area contributed by atoms with Gasteiger partial charge in [0, 0.05) is 25.9 Å². The Labute approximate surface area is 148 Å². The van der Waals surface area contributed by atoms with Gasteiger partial charge in [-0.2, -0.15) is 5.10 Å². The molecule has 1 unspecified atom stereocenters. The molecule has 140 valence electrons. The molecule has 1 N–H and O–H groups in total. The number of carbonyl (C=O) groups is 2. The fourth-order valence-corrected chi connectivity index (χ4v) is 3.69. The van der Waals surface area contributed by atoms with Gasteiger partial charge in [-0.15, -0.1) is 0 Å². The number of hydrogen-bond acceptors (Lipinski definition) is 4. The maximum Gasteiger partial charge on any atom is 0.313 e. The normalized spacial score (nSPS) is 20.9. The molecular weight excluding hydrogens is 322 g/mol. The first-order valence-electron chi connectivity index (χ1n) is 8.96. The number of amides is 1. The Balaban J connectivity index is 2.23. The highest BCUT2D eigenvalue weighted by molar-refractivity contribution is 5.93. The predicted octanol–water partition coefficient (Wildman–Crippen LogP) is 2.51. The number of methoxy groups -OCH3 is 1. The van der Waals surface area contributed by atoms with E-state index in [0.717, 1.165) is 18.5 Å². The molecule has 7 heteroatoms. The second-order valence-electron chi connectivity index (χ2n) is 6.93. The largest absolute Gasteiger partial charge is 0.481 e. The smallest absolute Gasteiger partial charge is 0.313 e. The van der Waals surface area contributed by atoms with Crippen LogP contribution < -0.4 is 0 Å². The van der Waals surface area contributed by atoms with E-state index in [4.69, 9.17) is 4.74 Å². The van der Waals surface area contributed by atoms with Gasteiger partial charge in [-0.25, -0.2) is 0 Å². The van der Waals surface area contributed by atoms with Crippen molar-refractivity contribution in [2.45, 2.75) is 52.5 Å². The van der Waals surface area contributed by atoms with E-state index < -0.39 is 11.4 Å². The summed E-state index contributed by atoms with van der Waals surface area (Å²) in [5, 5.41) is 14.1. The van der Waals surface area contributed by atoms with Crippen LogP contribution in [-0.2, 0) is 9.53 Å². The van der Waals surface area contributed by atoms with E-state index in [1.165, 1.54) is 7.11 Å². The number of rotatable bonds is 7. The van der Waals surface area contributed by atoms with Crippen molar-refractivity contribution in [2.75, 3.05) is 26.8 Å². The molecule has 2 heterocycles. The van der Waals surface area contributed by atoms with Crippen LogP contribution in [0.4, 0.5) is 0 Å². The van der Waals surface area contributed by atoms with E-state index in [-0.39, 0.29) is 25.1 Å². The summed E-state index contributed by atoms with van der Waals surface area (Å²) in [4.78, 5) is 26.3. The summed E-state index contributed by atoms with van der Waals surface area (Å²) in [5.41, 5.74) is 0.314. The Morgan fingerprint density at radius 1 is 1.40 bits per heavy atom. The van der Waals surface area contributed by atoms with Crippen molar-refractivity contribution in [3.05, 3.63) is 17.5 Å². The SMILES string of the molecule is CCC(CC)n1nc(C(=O)N2CCCC(COC)(C(=O)O)C2)cc1C. The molecule has 1 aliphatic rings. The quantitative estimate of drug-likeness (QED) is 0.816. The molecule has 0 spiro atoms. The van der Waals surface area contributed by atoms with Crippen molar-refractivity contribution >= 4 is 11.9 Å². The number of aryl methyl sites for hydroxylation is 1. The van der Waals surface area contributed by atoms with Crippen LogP contribution in [0.15, 0.2) is 6.07 Å². The third-order valence-corrected chi connectivity index (χ3v) is 5.17. The highest BCUT2D eigenvalue weighted by Gasteiger charge is 2.44. The lowest BCUT2D eigenvalue weighted by Crippen LogP contribution is -2.52. The summed E-state index contributed by atoms with van der Waals surface area (Å²) < 4.78 is 7.04. The lowest BCUT2D eigenvalue weighted by Gasteiger charge is -2.39. The summed E-state index contributed by atoms with van der Waals surface area (Å²) >= 11 is 0. The van der Waals surface area contributed by atoms with Crippen LogP contribution in [0.5, 0.6) is 0 Å². The van der Waals surface area contributed by atoms with Gasteiger partial charge < -0.3 is 14.7 Å². The molecule has 0 aromatic carbocycles. The van der Waals surface area contributed by atoms with Gasteiger partial charge in [0.25, 0.3) is 5.91 Å². The van der Waals surface area contributed by atoms with E-state index >= 15 is 0 Å². The maximum absolute atomic E-state index is 12.9. The maximum atomic E-state index is 12.9. The first kappa shape index (κ1) is 19.4. The van der Waals surface area contributed by atoms with E-state index in [1.807, 2.05) is 11.6 Å². The Morgan fingerprint density at radius 3 is 2.64 bits per heavy atom. The molecule has 1 aromatic rings. The Kier molecular flexibility index (Phi) is 6.21. The second kappa shape index (κ2) is 7.99. The van der Waals surface area contributed by atoms with E-state index in [9.17, 15) is 14.7 Å². The molecule has 1 saturated heterocycles. The van der Waals surface area contributed by atoms with Crippen LogP contribution in [0, 0.1) is 12.3 Å². The minimum atomic E-state index is -1.03. The zero-order chi connectivity index (χ0) is 18.6. The molecule has 7 nitrogen and oxygen atoms in total. The minimum Gasteiger partial charge on any atom is -0.481 e. The molecule has 1 aliphatic heterocycles. The average molecular weight is 351 g/mol. The fourth-order valence-electron chi connectivity index (χ4n) is 3.69. The summed E-state index contributed by atoms with van der Waals surface area (Å²) in [6.07, 6.45) is 3.06. The third-order valence-electron chi connectivity index (χ3n) is 5.17. The molecule has 0 aliphatic carbocycles. The molecule has 0 radical (unpaired) electrons. The molecule has 0 saturated carbocycles. The molecule has 25 heavy (non-hydrogen) atoms. The van der Waals surface area contributed by atoms with Gasteiger partial charge in [0.15, 0.2) is 5.69 Å². The third kappa shape index (κ3) is 3.86. The van der Waals surface area contributed by atoms with Gasteiger partial charge in [0.1, 0.15) is 5.41 Å². The van der Waals surface area contributed by atoms with Crippen molar-refractivity contribution in [3.63, 3.8) is 0 Å². The van der Waals surface area contributed by atoms with Gasteiger partial charge in [0.05, 0.1) is 12.6 Å². The van der Waals surface area contributed by atoms with Crippen molar-refractivity contribution in [2.24, 2.45) is 5.41 Å². The number of hydrogen-bond donors (Lipinski definition) is 1. The van der Waals surface area contributed by atoms with Crippen molar-refractivity contribution < 1.29 is 19.4 Å². The number of aromatic nitrogens is 2. The zero-order valence-corrected chi connectivity index (χ0v) is 15.6. The van der Waals surface area contributed by atoms with Gasteiger partial charge in [0.2, 0.25) is 0 Å². The monoisotopic (exact) mass is 351 g/mol. The summed E-state index contributed by atoms with van der Waals surface area (Å²) in [6, 6.07) is 2.07. The van der Waals surface area contributed by atoms with Crippen LogP contribution >= 0.6 is 0 Å². The first-order chi connectivity index (χ1) is 11.9. The Hall–Kier alpha value is -1.89. The van der Waals surface area contributed by atoms with E-state index in [1.54, 1.807) is 11.0 Å². The molecule has 1 atom stereocenters. The van der Waals surface area contributed by atoms with Crippen LogP contribution in [0.2, 0.25) is 0 Å². The van der Waals surface area contributed by atoms with Crippen molar-refractivity contribution in [3.8, 4) is 0 Å². The predicted molar refractivity (Wildman–Crippen MR) is 93.7 cm³/mol. The van der Waals surface area contributed by atoms with Crippen LogP contribution in [0.1, 0.15) is 61.8 Å². The van der Waals surface area contributed by atoms with Crippen LogP contribution in [0.3, 0.4) is 0 Å². The van der Waals surface area contributed by atoms with Gasteiger partial charge in [-0.05, 0) is 38.7 Å². The number of ether oxygens (including phenoxy) is 1. The molecule has 0 bridgehead atoms. The second-order valence-corrected chi connectivity index (χ2v) is 6.93. The lowest BCUT2D eigenvalue weighted by atomic mass is 9.80. The minimum absolute atomic E-state index is 0.104. The average Bonchev–Trinajstić information content (AvgIpc) is 2.97. The number of carboxylic acid groups (broad SMARTS) is 1. The van der Waals surface area contributed by atoms with Gasteiger partial charge >= 0.3 is 5.97 Å². The van der Waals surface area contributed by atoms with E-state index in [2.05, 4.69) is 18.9 Å². The van der Waals surface area contributed by atoms with E-state index in [0.29, 0.717) is 25.1 Å². The fraction of sp³-hybridized carbons (Fsp3) is 0.722. The van der Waals surface area contributed by atoms with Crippen molar-refractivity contribution in [1.82, 2.24) is 14.7 Å². The summed E-state index contributed by atoms with van der Waals surface area (Å²) in [6.45, 7) is 6.97. The zero-order valence-electron chi connectivity index (χ0n) is 15.6. The van der Waals surface area contributed by atoms with Crippen molar-refractivity contribution in [1.29, 1.82) is 0 Å². The number of carbonyl (C=O) groups excluding carboxylic acids is 1. The molecular formula is C18H29N3O4. The number of aliphatic carboxylic acids is 1. The number of nitrogens with zero attached hydrogens (tertiary/aromatic N) is 3. The molecule has 1 aromatic heterocycles. The first-order valence-corrected chi connectivity index (χ1v) is 8.96. The molecule has 2 rings (SSSR count). The summed E-state index contributed by atoms with van der Waals surface area (Å²) in [7, 11) is 1.49. The topological polar surface area (TPSA) is 84.7 Å². The van der Waals surface area contributed by atoms with Crippen LogP contribution in [-0.4, -0.2) is 58.5 Å².